The van der Waals surface area contributed by atoms with Gasteiger partial charge >= 0.3 is 0 Å². The van der Waals surface area contributed by atoms with Crippen molar-refractivity contribution in [2.24, 2.45) is 17.6 Å². The van der Waals surface area contributed by atoms with Gasteiger partial charge in [-0.1, -0.05) is 34.5 Å². The van der Waals surface area contributed by atoms with Crippen LogP contribution in [-0.4, -0.2) is 0 Å². The van der Waals surface area contributed by atoms with E-state index in [0.717, 1.165) is 16.3 Å². The molecule has 1 aromatic rings. The van der Waals surface area contributed by atoms with Crippen molar-refractivity contribution in [2.75, 3.05) is 0 Å². The number of hydrogen-bond acceptors (Lipinski definition) is 1. The van der Waals surface area contributed by atoms with Crippen LogP contribution in [0.5, 0.6) is 0 Å². The van der Waals surface area contributed by atoms with Crippen LogP contribution in [0.1, 0.15) is 24.8 Å². The third-order valence-electron chi connectivity index (χ3n) is 3.98. The molecule has 0 bridgehead atoms. The maximum absolute atomic E-state index is 6.45. The molecule has 2 unspecified atom stereocenters. The minimum Gasteiger partial charge on any atom is -0.321 e. The average Bonchev–Trinajstić information content (AvgIpc) is 2.63. The van der Waals surface area contributed by atoms with Crippen LogP contribution in [0.25, 0.3) is 0 Å². The fourth-order valence-electron chi connectivity index (χ4n) is 3.17. The zero-order chi connectivity index (χ0) is 9.76. The molecule has 2 atom stereocenters. The lowest BCUT2D eigenvalue weighted by atomic mass is 9.97. The van der Waals surface area contributed by atoms with Gasteiger partial charge in [-0.25, -0.2) is 0 Å². The van der Waals surface area contributed by atoms with E-state index in [1.54, 1.807) is 0 Å². The third-order valence-corrected chi connectivity index (χ3v) is 4.51. The molecule has 1 aromatic carbocycles. The van der Waals surface area contributed by atoms with Crippen molar-refractivity contribution in [1.82, 2.24) is 0 Å². The monoisotopic (exact) mass is 251 g/mol. The summed E-state index contributed by atoms with van der Waals surface area (Å²) in [4.78, 5) is 0. The van der Waals surface area contributed by atoms with Gasteiger partial charge in [-0.05, 0) is 42.4 Å². The molecule has 1 nitrogen and oxygen atoms in total. The molecule has 74 valence electrons. The topological polar surface area (TPSA) is 26.0 Å². The van der Waals surface area contributed by atoms with E-state index in [1.165, 1.54) is 24.8 Å². The Kier molecular flexibility index (Phi) is 1.80. The van der Waals surface area contributed by atoms with Gasteiger partial charge in [0, 0.05) is 10.0 Å². The predicted octanol–water partition coefficient (Wildman–Crippen LogP) is 3.03. The Morgan fingerprint density at radius 1 is 1.14 bits per heavy atom. The number of rotatable bonds is 1. The molecule has 0 aromatic heterocycles. The maximum Gasteiger partial charge on any atom is 0.0473 e. The van der Waals surface area contributed by atoms with E-state index in [2.05, 4.69) is 40.2 Å². The van der Waals surface area contributed by atoms with Crippen LogP contribution in [0.4, 0.5) is 0 Å². The minimum absolute atomic E-state index is 0.0267. The van der Waals surface area contributed by atoms with Gasteiger partial charge in [0.25, 0.3) is 0 Å². The van der Waals surface area contributed by atoms with Crippen molar-refractivity contribution in [3.63, 3.8) is 0 Å². The Labute approximate surface area is 92.8 Å². The van der Waals surface area contributed by atoms with Crippen molar-refractivity contribution in [1.29, 1.82) is 0 Å². The first-order valence-corrected chi connectivity index (χ1v) is 6.07. The highest BCUT2D eigenvalue weighted by Crippen LogP contribution is 2.64. The third kappa shape index (κ3) is 1.04. The highest BCUT2D eigenvalue weighted by Gasteiger charge is 2.64. The van der Waals surface area contributed by atoms with E-state index in [-0.39, 0.29) is 5.54 Å². The maximum atomic E-state index is 6.45. The summed E-state index contributed by atoms with van der Waals surface area (Å²) in [6.07, 6.45) is 4.04. The molecule has 0 amide bonds. The van der Waals surface area contributed by atoms with Crippen LogP contribution in [0.3, 0.4) is 0 Å². The smallest absolute Gasteiger partial charge is 0.0473 e. The summed E-state index contributed by atoms with van der Waals surface area (Å²) in [5.41, 5.74) is 7.81. The summed E-state index contributed by atoms with van der Waals surface area (Å²) in [5.74, 6) is 1.53. The zero-order valence-corrected chi connectivity index (χ0v) is 9.63. The average molecular weight is 252 g/mol. The summed E-state index contributed by atoms with van der Waals surface area (Å²) in [5, 5.41) is 0. The fourth-order valence-corrected chi connectivity index (χ4v) is 3.43. The molecule has 2 saturated carbocycles. The molecule has 2 fully saturated rings. The molecule has 0 heterocycles. The molecular formula is C12H14BrN. The second-order valence-corrected chi connectivity index (χ2v) is 5.50. The Bertz CT molecular complexity index is 347. The number of benzene rings is 1. The minimum atomic E-state index is 0.0267. The van der Waals surface area contributed by atoms with Gasteiger partial charge in [0.05, 0.1) is 0 Å². The van der Waals surface area contributed by atoms with Gasteiger partial charge in [-0.15, -0.1) is 0 Å². The highest BCUT2D eigenvalue weighted by molar-refractivity contribution is 9.10. The Morgan fingerprint density at radius 2 is 1.71 bits per heavy atom. The molecule has 2 aliphatic carbocycles. The lowest BCUT2D eigenvalue weighted by Gasteiger charge is -2.15. The van der Waals surface area contributed by atoms with Gasteiger partial charge in [0.1, 0.15) is 0 Å². The van der Waals surface area contributed by atoms with E-state index in [0.29, 0.717) is 0 Å². The van der Waals surface area contributed by atoms with E-state index >= 15 is 0 Å². The van der Waals surface area contributed by atoms with Crippen LogP contribution in [0.15, 0.2) is 28.7 Å². The van der Waals surface area contributed by atoms with Gasteiger partial charge in [-0.2, -0.15) is 0 Å². The van der Waals surface area contributed by atoms with Gasteiger partial charge < -0.3 is 5.73 Å². The Hall–Kier alpha value is -0.340. The lowest BCUT2D eigenvalue weighted by Crippen LogP contribution is -2.25. The molecule has 2 aliphatic rings. The molecular weight excluding hydrogens is 238 g/mol. The van der Waals surface area contributed by atoms with E-state index < -0.39 is 0 Å². The van der Waals surface area contributed by atoms with Crippen molar-refractivity contribution >= 4 is 15.9 Å². The van der Waals surface area contributed by atoms with Crippen molar-refractivity contribution < 1.29 is 0 Å². The second-order valence-electron chi connectivity index (χ2n) is 4.58. The summed E-state index contributed by atoms with van der Waals surface area (Å²) >= 11 is 3.45. The van der Waals surface area contributed by atoms with Crippen molar-refractivity contribution in [2.45, 2.75) is 24.8 Å². The first-order valence-electron chi connectivity index (χ1n) is 5.28. The van der Waals surface area contributed by atoms with Crippen LogP contribution >= 0.6 is 15.9 Å². The largest absolute Gasteiger partial charge is 0.321 e. The first-order chi connectivity index (χ1) is 6.73. The number of hydrogen-bond donors (Lipinski definition) is 1. The summed E-state index contributed by atoms with van der Waals surface area (Å²) < 4.78 is 1.13. The van der Waals surface area contributed by atoms with Crippen LogP contribution in [-0.2, 0) is 5.54 Å². The highest BCUT2D eigenvalue weighted by atomic mass is 79.9. The van der Waals surface area contributed by atoms with E-state index in [9.17, 15) is 0 Å². The summed E-state index contributed by atoms with van der Waals surface area (Å²) in [6.45, 7) is 0. The lowest BCUT2D eigenvalue weighted by molar-refractivity contribution is 0.526. The van der Waals surface area contributed by atoms with Crippen molar-refractivity contribution in [3.8, 4) is 0 Å². The number of fused-ring (bicyclic) bond motifs is 1. The summed E-state index contributed by atoms with van der Waals surface area (Å²) in [7, 11) is 0. The zero-order valence-electron chi connectivity index (χ0n) is 8.04. The van der Waals surface area contributed by atoms with E-state index in [1.807, 2.05) is 0 Å². The van der Waals surface area contributed by atoms with E-state index in [4.69, 9.17) is 5.73 Å². The standard InChI is InChI=1S/C12H14BrN/c13-9-6-4-8(5-7-9)12(14)10-2-1-3-11(10)12/h4-7,10-11H,1-3,14H2. The van der Waals surface area contributed by atoms with Crippen LogP contribution < -0.4 is 5.73 Å². The normalized spacial score (nSPS) is 39.6. The molecule has 0 saturated heterocycles. The van der Waals surface area contributed by atoms with Gasteiger partial charge in [-0.3, -0.25) is 0 Å². The first kappa shape index (κ1) is 8.93. The molecule has 3 rings (SSSR count). The molecule has 14 heavy (non-hydrogen) atoms. The quantitative estimate of drug-likeness (QED) is 0.816. The number of halogens is 1. The van der Waals surface area contributed by atoms with Gasteiger partial charge in [0.2, 0.25) is 0 Å². The fraction of sp³-hybridized carbons (Fsp3) is 0.500. The Morgan fingerprint density at radius 3 is 2.29 bits per heavy atom. The van der Waals surface area contributed by atoms with Gasteiger partial charge in [0.15, 0.2) is 0 Å². The molecule has 0 aliphatic heterocycles. The molecule has 0 radical (unpaired) electrons. The molecule has 2 N–H and O–H groups in total. The SMILES string of the molecule is NC1(c2ccc(Br)cc2)C2CCCC21. The number of nitrogens with two attached hydrogens (primary N) is 1. The van der Waals surface area contributed by atoms with Crippen molar-refractivity contribution in [3.05, 3.63) is 34.3 Å². The van der Waals surface area contributed by atoms with Crippen LogP contribution in [0, 0.1) is 11.8 Å². The second kappa shape index (κ2) is 2.83. The predicted molar refractivity (Wildman–Crippen MR) is 60.8 cm³/mol. The molecule has 0 spiro atoms. The Balaban J connectivity index is 1.93. The van der Waals surface area contributed by atoms with Crippen LogP contribution in [0.2, 0.25) is 0 Å². The summed E-state index contributed by atoms with van der Waals surface area (Å²) in [6, 6.07) is 8.53. The molecule has 2 heteroatoms.